The molecule has 0 aliphatic rings. The lowest BCUT2D eigenvalue weighted by Gasteiger charge is -2.25. The molecule has 106 valence electrons. The van der Waals surface area contributed by atoms with Crippen LogP contribution in [-0.2, 0) is 4.79 Å². The summed E-state index contributed by atoms with van der Waals surface area (Å²) in [6.45, 7) is 4.70. The summed E-state index contributed by atoms with van der Waals surface area (Å²) >= 11 is 0. The maximum Gasteiger partial charge on any atom is 0.237 e. The highest BCUT2D eigenvalue weighted by molar-refractivity contribution is 5.84. The Balaban J connectivity index is 2.53. The van der Waals surface area contributed by atoms with Gasteiger partial charge in [-0.3, -0.25) is 4.79 Å². The van der Waals surface area contributed by atoms with E-state index in [1.807, 2.05) is 31.2 Å². The van der Waals surface area contributed by atoms with Crippen molar-refractivity contribution >= 4 is 5.91 Å². The number of carbonyl (C=O) groups excluding carboxylic acids is 1. The first-order valence-electron chi connectivity index (χ1n) is 6.36. The summed E-state index contributed by atoms with van der Waals surface area (Å²) < 4.78 is 11.0. The molecule has 1 aromatic carbocycles. The minimum Gasteiger partial charge on any atom is -0.494 e. The summed E-state index contributed by atoms with van der Waals surface area (Å²) in [6.07, 6.45) is 0.498. The van der Waals surface area contributed by atoms with Crippen LogP contribution in [0.5, 0.6) is 11.5 Å². The number of nitrogens with two attached hydrogens (primary N) is 1. The first-order valence-corrected chi connectivity index (χ1v) is 6.36. The fraction of sp³-hybridized carbons (Fsp3) is 0.500. The van der Waals surface area contributed by atoms with E-state index in [0.29, 0.717) is 25.4 Å². The van der Waals surface area contributed by atoms with Crippen molar-refractivity contribution in [2.75, 3.05) is 20.3 Å². The van der Waals surface area contributed by atoms with Crippen molar-refractivity contribution in [2.45, 2.75) is 25.8 Å². The first kappa shape index (κ1) is 15.3. The van der Waals surface area contributed by atoms with Gasteiger partial charge in [0.25, 0.3) is 0 Å². The van der Waals surface area contributed by atoms with Crippen LogP contribution in [0.15, 0.2) is 24.3 Å². The van der Waals surface area contributed by atoms with Crippen LogP contribution in [0.4, 0.5) is 0 Å². The van der Waals surface area contributed by atoms with Crippen LogP contribution in [-0.4, -0.2) is 31.7 Å². The molecule has 0 aliphatic carbocycles. The van der Waals surface area contributed by atoms with E-state index < -0.39 is 5.54 Å². The minimum absolute atomic E-state index is 0.387. The van der Waals surface area contributed by atoms with Crippen LogP contribution in [0.1, 0.15) is 20.3 Å². The van der Waals surface area contributed by atoms with E-state index in [0.717, 1.165) is 5.75 Å². The van der Waals surface area contributed by atoms with Gasteiger partial charge < -0.3 is 20.5 Å². The van der Waals surface area contributed by atoms with Crippen molar-refractivity contribution in [3.8, 4) is 11.5 Å². The summed E-state index contributed by atoms with van der Waals surface area (Å²) in [6, 6.07) is 7.41. The topological polar surface area (TPSA) is 73.6 Å². The normalized spacial score (nSPS) is 13.6. The predicted molar refractivity (Wildman–Crippen MR) is 74.4 cm³/mol. The largest absolute Gasteiger partial charge is 0.494 e. The van der Waals surface area contributed by atoms with Gasteiger partial charge >= 0.3 is 0 Å². The quantitative estimate of drug-likeness (QED) is 0.744. The van der Waals surface area contributed by atoms with Crippen molar-refractivity contribution in [1.29, 1.82) is 0 Å². The summed E-state index contributed by atoms with van der Waals surface area (Å²) in [4.78, 5) is 11.3. The zero-order valence-electron chi connectivity index (χ0n) is 11.7. The van der Waals surface area contributed by atoms with Gasteiger partial charge in [0.15, 0.2) is 0 Å². The Morgan fingerprint density at radius 2 is 2.00 bits per heavy atom. The summed E-state index contributed by atoms with van der Waals surface area (Å²) in [5.41, 5.74) is 4.60. The van der Waals surface area contributed by atoms with Gasteiger partial charge in [0.1, 0.15) is 11.5 Å². The molecule has 5 heteroatoms. The highest BCUT2D eigenvalue weighted by atomic mass is 16.5. The molecule has 0 spiro atoms. The van der Waals surface area contributed by atoms with E-state index >= 15 is 0 Å². The van der Waals surface area contributed by atoms with Crippen molar-refractivity contribution in [3.63, 3.8) is 0 Å². The predicted octanol–water partition coefficient (Wildman–Crippen LogP) is 1.32. The number of amides is 1. The number of likely N-dealkylation sites (N-methyl/N-ethyl adjacent to an activating group) is 1. The zero-order valence-corrected chi connectivity index (χ0v) is 11.7. The summed E-state index contributed by atoms with van der Waals surface area (Å²) in [7, 11) is 1.71. The van der Waals surface area contributed by atoms with E-state index in [2.05, 4.69) is 5.32 Å². The monoisotopic (exact) mass is 266 g/mol. The second-order valence-electron chi connectivity index (χ2n) is 4.45. The molecule has 0 saturated heterocycles. The van der Waals surface area contributed by atoms with Gasteiger partial charge in [-0.15, -0.1) is 0 Å². The van der Waals surface area contributed by atoms with Crippen LogP contribution < -0.4 is 20.5 Å². The van der Waals surface area contributed by atoms with Crippen molar-refractivity contribution in [3.05, 3.63) is 24.3 Å². The fourth-order valence-corrected chi connectivity index (χ4v) is 1.56. The van der Waals surface area contributed by atoms with Crippen molar-refractivity contribution < 1.29 is 14.3 Å². The molecule has 19 heavy (non-hydrogen) atoms. The molecule has 0 aliphatic heterocycles. The lowest BCUT2D eigenvalue weighted by molar-refractivity contribution is -0.124. The SMILES string of the molecule is CCOc1cccc(OCCC(C)(NC)C(N)=O)c1. The van der Waals surface area contributed by atoms with Crippen LogP contribution in [0.2, 0.25) is 0 Å². The van der Waals surface area contributed by atoms with Crippen LogP contribution in [0.3, 0.4) is 0 Å². The Hall–Kier alpha value is -1.75. The average Bonchev–Trinajstić information content (AvgIpc) is 2.39. The molecule has 1 unspecified atom stereocenters. The standard InChI is InChI=1S/C14H22N2O3/c1-4-18-11-6-5-7-12(10-11)19-9-8-14(2,16-3)13(15)17/h5-7,10,16H,4,8-9H2,1-3H3,(H2,15,17). The third kappa shape index (κ3) is 4.44. The van der Waals surface area contributed by atoms with Crippen LogP contribution >= 0.6 is 0 Å². The smallest absolute Gasteiger partial charge is 0.237 e. The van der Waals surface area contributed by atoms with Crippen LogP contribution in [0, 0.1) is 0 Å². The summed E-state index contributed by atoms with van der Waals surface area (Å²) in [5, 5.41) is 2.92. The molecule has 0 saturated carbocycles. The fourth-order valence-electron chi connectivity index (χ4n) is 1.56. The highest BCUT2D eigenvalue weighted by Crippen LogP contribution is 2.20. The highest BCUT2D eigenvalue weighted by Gasteiger charge is 2.28. The number of nitrogens with one attached hydrogen (secondary N) is 1. The maximum absolute atomic E-state index is 11.3. The second kappa shape index (κ2) is 6.99. The Labute approximate surface area is 114 Å². The van der Waals surface area contributed by atoms with E-state index in [1.54, 1.807) is 14.0 Å². The van der Waals surface area contributed by atoms with Gasteiger partial charge in [0.2, 0.25) is 5.91 Å². The Bertz CT molecular complexity index is 423. The minimum atomic E-state index is -0.752. The molecule has 0 fully saturated rings. The van der Waals surface area contributed by atoms with E-state index in [1.165, 1.54) is 0 Å². The number of rotatable bonds is 8. The van der Waals surface area contributed by atoms with Gasteiger partial charge in [-0.05, 0) is 33.0 Å². The van der Waals surface area contributed by atoms with E-state index in [4.69, 9.17) is 15.2 Å². The van der Waals surface area contributed by atoms with Gasteiger partial charge in [0.05, 0.1) is 18.8 Å². The van der Waals surface area contributed by atoms with E-state index in [9.17, 15) is 4.79 Å². The third-order valence-electron chi connectivity index (χ3n) is 3.08. The average molecular weight is 266 g/mol. The third-order valence-corrected chi connectivity index (χ3v) is 3.08. The molecule has 0 radical (unpaired) electrons. The lowest BCUT2D eigenvalue weighted by Crippen LogP contribution is -2.52. The molecule has 1 atom stereocenters. The van der Waals surface area contributed by atoms with Crippen molar-refractivity contribution in [1.82, 2.24) is 5.32 Å². The van der Waals surface area contributed by atoms with Gasteiger partial charge in [-0.25, -0.2) is 0 Å². The maximum atomic E-state index is 11.3. The molecule has 0 heterocycles. The van der Waals surface area contributed by atoms with Gasteiger partial charge in [-0.2, -0.15) is 0 Å². The van der Waals surface area contributed by atoms with E-state index in [-0.39, 0.29) is 5.91 Å². The van der Waals surface area contributed by atoms with Gasteiger partial charge in [-0.1, -0.05) is 6.07 Å². The van der Waals surface area contributed by atoms with Gasteiger partial charge in [0, 0.05) is 12.5 Å². The second-order valence-corrected chi connectivity index (χ2v) is 4.45. The molecule has 5 nitrogen and oxygen atoms in total. The molecule has 3 N–H and O–H groups in total. The molecular formula is C14H22N2O3. The molecule has 1 amide bonds. The lowest BCUT2D eigenvalue weighted by atomic mass is 9.98. The number of hydrogen-bond acceptors (Lipinski definition) is 4. The molecule has 1 aromatic rings. The zero-order chi connectivity index (χ0) is 14.3. The number of primary amides is 1. The molecule has 1 rings (SSSR count). The Morgan fingerprint density at radius 3 is 2.53 bits per heavy atom. The molecule has 0 bridgehead atoms. The number of ether oxygens (including phenoxy) is 2. The first-order chi connectivity index (χ1) is 9.01. The summed E-state index contributed by atoms with van der Waals surface area (Å²) in [5.74, 6) is 1.10. The molecule has 0 aromatic heterocycles. The number of benzene rings is 1. The molecular weight excluding hydrogens is 244 g/mol. The Morgan fingerprint density at radius 1 is 1.37 bits per heavy atom. The Kier molecular flexibility index (Phi) is 5.63. The number of hydrogen-bond donors (Lipinski definition) is 2. The number of carbonyl (C=O) groups is 1. The van der Waals surface area contributed by atoms with Crippen LogP contribution in [0.25, 0.3) is 0 Å². The van der Waals surface area contributed by atoms with Crippen molar-refractivity contribution in [2.24, 2.45) is 5.73 Å².